The SMILES string of the molecule is CN1CCC(N2CCC[C@H](C(=O)NCc3cccc(Cl)c3)C2)CC1. The summed E-state index contributed by atoms with van der Waals surface area (Å²) < 4.78 is 0. The third-order valence-corrected chi connectivity index (χ3v) is 5.62. The average molecular weight is 350 g/mol. The topological polar surface area (TPSA) is 35.6 Å². The lowest BCUT2D eigenvalue weighted by Gasteiger charge is -2.41. The number of rotatable bonds is 4. The lowest BCUT2D eigenvalue weighted by molar-refractivity contribution is -0.127. The number of likely N-dealkylation sites (tertiary alicyclic amines) is 2. The van der Waals surface area contributed by atoms with E-state index in [1.165, 1.54) is 25.9 Å². The van der Waals surface area contributed by atoms with Crippen LogP contribution in [0.2, 0.25) is 5.02 Å². The van der Waals surface area contributed by atoms with Gasteiger partial charge in [0.1, 0.15) is 0 Å². The van der Waals surface area contributed by atoms with Crippen LogP contribution in [0.1, 0.15) is 31.2 Å². The second-order valence-corrected chi connectivity index (χ2v) is 7.65. The number of benzene rings is 1. The summed E-state index contributed by atoms with van der Waals surface area (Å²) in [6, 6.07) is 8.34. The first-order valence-corrected chi connectivity index (χ1v) is 9.44. The van der Waals surface area contributed by atoms with Crippen molar-refractivity contribution < 1.29 is 4.79 Å². The van der Waals surface area contributed by atoms with Crippen molar-refractivity contribution in [2.45, 2.75) is 38.3 Å². The van der Waals surface area contributed by atoms with Crippen LogP contribution in [0, 0.1) is 5.92 Å². The van der Waals surface area contributed by atoms with E-state index >= 15 is 0 Å². The lowest BCUT2D eigenvalue weighted by atomic mass is 9.93. The second-order valence-electron chi connectivity index (χ2n) is 7.22. The molecule has 4 nitrogen and oxygen atoms in total. The average Bonchev–Trinajstić information content (AvgIpc) is 2.60. The summed E-state index contributed by atoms with van der Waals surface area (Å²) in [6.45, 7) is 4.96. The van der Waals surface area contributed by atoms with Gasteiger partial charge in [-0.3, -0.25) is 9.69 Å². The van der Waals surface area contributed by atoms with Crippen LogP contribution in [0.4, 0.5) is 0 Å². The molecule has 2 heterocycles. The fourth-order valence-electron chi connectivity index (χ4n) is 3.89. The standard InChI is InChI=1S/C19H28ClN3O/c1-22-10-7-18(8-11-22)23-9-3-5-16(14-23)19(24)21-13-15-4-2-6-17(20)12-15/h2,4,6,12,16,18H,3,5,7-11,13-14H2,1H3,(H,21,24)/t16-/m0/s1. The van der Waals surface area contributed by atoms with Gasteiger partial charge in [0, 0.05) is 24.2 Å². The van der Waals surface area contributed by atoms with E-state index in [-0.39, 0.29) is 11.8 Å². The van der Waals surface area contributed by atoms with E-state index in [0.717, 1.165) is 31.5 Å². The van der Waals surface area contributed by atoms with Crippen LogP contribution in [0.3, 0.4) is 0 Å². The molecule has 132 valence electrons. The van der Waals surface area contributed by atoms with Gasteiger partial charge in [-0.05, 0) is 70.1 Å². The molecule has 2 aliphatic heterocycles. The summed E-state index contributed by atoms with van der Waals surface area (Å²) in [5.74, 6) is 0.310. The van der Waals surface area contributed by atoms with Crippen LogP contribution in [0.15, 0.2) is 24.3 Å². The monoisotopic (exact) mass is 349 g/mol. The predicted octanol–water partition coefficient (Wildman–Crippen LogP) is 2.76. The number of carbonyl (C=O) groups is 1. The Balaban J connectivity index is 1.49. The molecule has 1 atom stereocenters. The molecular weight excluding hydrogens is 322 g/mol. The van der Waals surface area contributed by atoms with Crippen molar-refractivity contribution in [2.24, 2.45) is 5.92 Å². The van der Waals surface area contributed by atoms with Crippen molar-refractivity contribution in [3.8, 4) is 0 Å². The molecular formula is C19H28ClN3O. The predicted molar refractivity (Wildman–Crippen MR) is 98.1 cm³/mol. The van der Waals surface area contributed by atoms with Crippen molar-refractivity contribution in [2.75, 3.05) is 33.2 Å². The van der Waals surface area contributed by atoms with Crippen LogP contribution in [0.25, 0.3) is 0 Å². The Bertz CT molecular complexity index is 557. The third kappa shape index (κ3) is 4.71. The molecule has 24 heavy (non-hydrogen) atoms. The normalized spacial score (nSPS) is 24.0. The highest BCUT2D eigenvalue weighted by Crippen LogP contribution is 2.23. The van der Waals surface area contributed by atoms with E-state index < -0.39 is 0 Å². The van der Waals surface area contributed by atoms with Gasteiger partial charge in [-0.2, -0.15) is 0 Å². The highest BCUT2D eigenvalue weighted by Gasteiger charge is 2.30. The van der Waals surface area contributed by atoms with Gasteiger partial charge in [0.2, 0.25) is 5.91 Å². The van der Waals surface area contributed by atoms with Crippen molar-refractivity contribution in [3.63, 3.8) is 0 Å². The molecule has 2 aliphatic rings. The van der Waals surface area contributed by atoms with E-state index in [2.05, 4.69) is 22.2 Å². The highest BCUT2D eigenvalue weighted by molar-refractivity contribution is 6.30. The van der Waals surface area contributed by atoms with Gasteiger partial charge >= 0.3 is 0 Å². The third-order valence-electron chi connectivity index (χ3n) is 5.38. The molecule has 0 aromatic heterocycles. The largest absolute Gasteiger partial charge is 0.352 e. The van der Waals surface area contributed by atoms with E-state index in [1.54, 1.807) is 0 Å². The lowest BCUT2D eigenvalue weighted by Crippen LogP contribution is -2.50. The Kier molecular flexibility index (Phi) is 6.14. The first-order valence-electron chi connectivity index (χ1n) is 9.06. The smallest absolute Gasteiger partial charge is 0.224 e. The zero-order chi connectivity index (χ0) is 16.9. The molecule has 1 N–H and O–H groups in total. The number of hydrogen-bond donors (Lipinski definition) is 1. The fourth-order valence-corrected chi connectivity index (χ4v) is 4.11. The Labute approximate surface area is 150 Å². The Morgan fingerprint density at radius 3 is 2.79 bits per heavy atom. The van der Waals surface area contributed by atoms with E-state index in [1.807, 2.05) is 24.3 Å². The molecule has 1 aromatic rings. The molecule has 0 unspecified atom stereocenters. The van der Waals surface area contributed by atoms with E-state index in [9.17, 15) is 4.79 Å². The number of nitrogens with one attached hydrogen (secondary N) is 1. The van der Waals surface area contributed by atoms with Gasteiger partial charge in [0.25, 0.3) is 0 Å². The molecule has 0 spiro atoms. The zero-order valence-corrected chi connectivity index (χ0v) is 15.3. The summed E-state index contributed by atoms with van der Waals surface area (Å²) >= 11 is 6.00. The van der Waals surface area contributed by atoms with Gasteiger partial charge in [-0.1, -0.05) is 23.7 Å². The van der Waals surface area contributed by atoms with Gasteiger partial charge in [0.05, 0.1) is 5.92 Å². The zero-order valence-electron chi connectivity index (χ0n) is 14.5. The fraction of sp³-hybridized carbons (Fsp3) is 0.632. The van der Waals surface area contributed by atoms with Crippen LogP contribution in [0.5, 0.6) is 0 Å². The van der Waals surface area contributed by atoms with Crippen molar-refractivity contribution in [3.05, 3.63) is 34.9 Å². The number of nitrogens with zero attached hydrogens (tertiary/aromatic N) is 2. The first-order chi connectivity index (χ1) is 11.6. The maximum absolute atomic E-state index is 12.6. The van der Waals surface area contributed by atoms with Crippen molar-refractivity contribution in [1.29, 1.82) is 0 Å². The maximum Gasteiger partial charge on any atom is 0.224 e. The summed E-state index contributed by atoms with van der Waals surface area (Å²) in [5.41, 5.74) is 1.05. The molecule has 2 saturated heterocycles. The summed E-state index contributed by atoms with van der Waals surface area (Å²) in [4.78, 5) is 17.5. The number of piperidine rings is 2. The van der Waals surface area contributed by atoms with Crippen LogP contribution in [-0.4, -0.2) is 55.0 Å². The van der Waals surface area contributed by atoms with Gasteiger partial charge in [-0.25, -0.2) is 0 Å². The first kappa shape index (κ1) is 17.7. The number of amides is 1. The molecule has 1 aromatic carbocycles. The molecule has 1 amide bonds. The minimum absolute atomic E-state index is 0.123. The molecule has 3 rings (SSSR count). The second kappa shape index (κ2) is 8.32. The molecule has 2 fully saturated rings. The number of hydrogen-bond acceptors (Lipinski definition) is 3. The Hall–Kier alpha value is -1.10. The quantitative estimate of drug-likeness (QED) is 0.907. The Morgan fingerprint density at radius 1 is 1.25 bits per heavy atom. The van der Waals surface area contributed by atoms with Gasteiger partial charge in [0.15, 0.2) is 0 Å². The van der Waals surface area contributed by atoms with Gasteiger partial charge in [-0.15, -0.1) is 0 Å². The molecule has 5 heteroatoms. The minimum Gasteiger partial charge on any atom is -0.352 e. The summed E-state index contributed by atoms with van der Waals surface area (Å²) in [5, 5.41) is 3.81. The van der Waals surface area contributed by atoms with E-state index in [4.69, 9.17) is 11.6 Å². The highest BCUT2D eigenvalue weighted by atomic mass is 35.5. The summed E-state index contributed by atoms with van der Waals surface area (Å²) in [7, 11) is 2.19. The molecule has 0 bridgehead atoms. The van der Waals surface area contributed by atoms with Gasteiger partial charge < -0.3 is 10.2 Å². The molecule has 0 aliphatic carbocycles. The minimum atomic E-state index is 0.123. The van der Waals surface area contributed by atoms with Crippen LogP contribution in [-0.2, 0) is 11.3 Å². The van der Waals surface area contributed by atoms with E-state index in [0.29, 0.717) is 17.6 Å². The van der Waals surface area contributed by atoms with Crippen molar-refractivity contribution >= 4 is 17.5 Å². The van der Waals surface area contributed by atoms with Crippen molar-refractivity contribution in [1.82, 2.24) is 15.1 Å². The Morgan fingerprint density at radius 2 is 2.04 bits per heavy atom. The molecule has 0 saturated carbocycles. The number of halogens is 1. The summed E-state index contributed by atoms with van der Waals surface area (Å²) in [6.07, 6.45) is 4.59. The molecule has 0 radical (unpaired) electrons. The number of carbonyl (C=O) groups excluding carboxylic acids is 1. The van der Waals surface area contributed by atoms with Crippen LogP contribution < -0.4 is 5.32 Å². The maximum atomic E-state index is 12.6. The van der Waals surface area contributed by atoms with Crippen LogP contribution >= 0.6 is 11.6 Å².